The van der Waals surface area contributed by atoms with Crippen molar-refractivity contribution in [2.75, 3.05) is 6.54 Å². The van der Waals surface area contributed by atoms with Gasteiger partial charge in [-0.05, 0) is 29.5 Å². The summed E-state index contributed by atoms with van der Waals surface area (Å²) in [4.78, 5) is 14.4. The lowest BCUT2D eigenvalue weighted by atomic mass is 10.0. The highest BCUT2D eigenvalue weighted by molar-refractivity contribution is 5.84. The van der Waals surface area contributed by atoms with Crippen molar-refractivity contribution < 1.29 is 9.18 Å². The van der Waals surface area contributed by atoms with Crippen molar-refractivity contribution in [1.29, 1.82) is 0 Å². The van der Waals surface area contributed by atoms with Crippen LogP contribution in [0.3, 0.4) is 0 Å². The van der Waals surface area contributed by atoms with E-state index in [4.69, 9.17) is 0 Å². The molecule has 1 N–H and O–H groups in total. The summed E-state index contributed by atoms with van der Waals surface area (Å²) in [6.07, 6.45) is -0.229. The number of benzene rings is 1. The van der Waals surface area contributed by atoms with Crippen LogP contribution in [0.5, 0.6) is 0 Å². The van der Waals surface area contributed by atoms with E-state index < -0.39 is 0 Å². The lowest BCUT2D eigenvalue weighted by molar-refractivity contribution is -0.131. The van der Waals surface area contributed by atoms with Crippen molar-refractivity contribution in [2.24, 2.45) is 11.8 Å². The monoisotopic (exact) mass is 278 g/mol. The maximum Gasteiger partial charge on any atom is 0.241 e. The molecule has 1 fully saturated rings. The third-order valence-corrected chi connectivity index (χ3v) is 3.59. The minimum atomic E-state index is -0.269. The van der Waals surface area contributed by atoms with Crippen LogP contribution in [0.2, 0.25) is 0 Å². The number of hydrogen-bond acceptors (Lipinski definition) is 2. The quantitative estimate of drug-likeness (QED) is 0.918. The van der Waals surface area contributed by atoms with Crippen molar-refractivity contribution in [3.63, 3.8) is 0 Å². The molecule has 3 nitrogen and oxygen atoms in total. The molecule has 1 aromatic carbocycles. The normalized spacial score (nSPS) is 23.1. The Kier molecular flexibility index (Phi) is 4.43. The average molecular weight is 278 g/mol. The second-order valence-electron chi connectivity index (χ2n) is 6.23. The van der Waals surface area contributed by atoms with Crippen LogP contribution in [0, 0.1) is 17.7 Å². The van der Waals surface area contributed by atoms with E-state index in [1.54, 1.807) is 6.07 Å². The van der Waals surface area contributed by atoms with Gasteiger partial charge in [0.1, 0.15) is 12.0 Å². The van der Waals surface area contributed by atoms with Crippen LogP contribution >= 0.6 is 0 Å². The number of carbonyl (C=O) groups excluding carboxylic acids is 1. The van der Waals surface area contributed by atoms with E-state index in [0.717, 1.165) is 5.56 Å². The van der Waals surface area contributed by atoms with Gasteiger partial charge in [0.15, 0.2) is 0 Å². The van der Waals surface area contributed by atoms with E-state index in [-0.39, 0.29) is 29.8 Å². The number of carbonyl (C=O) groups is 1. The van der Waals surface area contributed by atoms with E-state index in [9.17, 15) is 9.18 Å². The molecule has 1 aromatic rings. The molecular formula is C16H23FN2O. The SMILES string of the molecule is CC(C)CN1C(=O)C(C(C)C)NC1c1cccc(F)c1. The fourth-order valence-electron chi connectivity index (χ4n) is 2.66. The molecule has 1 heterocycles. The predicted octanol–water partition coefficient (Wildman–Crippen LogP) is 2.94. The predicted molar refractivity (Wildman–Crippen MR) is 77.5 cm³/mol. The molecule has 0 bridgehead atoms. The maximum atomic E-state index is 13.4. The lowest BCUT2D eigenvalue weighted by Gasteiger charge is -2.26. The minimum Gasteiger partial charge on any atom is -0.321 e. The molecule has 2 unspecified atom stereocenters. The first-order chi connectivity index (χ1) is 9.40. The van der Waals surface area contributed by atoms with Crippen LogP contribution in [-0.4, -0.2) is 23.4 Å². The van der Waals surface area contributed by atoms with Crippen LogP contribution < -0.4 is 5.32 Å². The molecule has 0 aliphatic carbocycles. The third-order valence-electron chi connectivity index (χ3n) is 3.59. The summed E-state index contributed by atoms with van der Waals surface area (Å²) < 4.78 is 13.4. The summed E-state index contributed by atoms with van der Waals surface area (Å²) in [5, 5.41) is 3.35. The lowest BCUT2D eigenvalue weighted by Crippen LogP contribution is -2.36. The molecule has 0 radical (unpaired) electrons. The molecule has 1 saturated heterocycles. The molecule has 1 amide bonds. The first-order valence-electron chi connectivity index (χ1n) is 7.22. The first kappa shape index (κ1) is 15.0. The molecule has 0 saturated carbocycles. The Morgan fingerprint density at radius 3 is 2.55 bits per heavy atom. The van der Waals surface area contributed by atoms with Gasteiger partial charge in [-0.15, -0.1) is 0 Å². The van der Waals surface area contributed by atoms with E-state index >= 15 is 0 Å². The third kappa shape index (κ3) is 3.01. The highest BCUT2D eigenvalue weighted by atomic mass is 19.1. The van der Waals surface area contributed by atoms with Gasteiger partial charge in [0, 0.05) is 6.54 Å². The fourth-order valence-corrected chi connectivity index (χ4v) is 2.66. The summed E-state index contributed by atoms with van der Waals surface area (Å²) >= 11 is 0. The van der Waals surface area contributed by atoms with E-state index in [1.165, 1.54) is 12.1 Å². The fraction of sp³-hybridized carbons (Fsp3) is 0.562. The Balaban J connectivity index is 2.31. The van der Waals surface area contributed by atoms with Gasteiger partial charge in [0.2, 0.25) is 5.91 Å². The zero-order valence-corrected chi connectivity index (χ0v) is 12.6. The van der Waals surface area contributed by atoms with Gasteiger partial charge in [-0.2, -0.15) is 0 Å². The Bertz CT molecular complexity index is 487. The average Bonchev–Trinajstić information content (AvgIpc) is 2.67. The first-order valence-corrected chi connectivity index (χ1v) is 7.22. The highest BCUT2D eigenvalue weighted by Gasteiger charge is 2.41. The van der Waals surface area contributed by atoms with E-state index in [2.05, 4.69) is 19.2 Å². The van der Waals surface area contributed by atoms with Gasteiger partial charge in [-0.3, -0.25) is 10.1 Å². The number of hydrogen-bond donors (Lipinski definition) is 1. The largest absolute Gasteiger partial charge is 0.321 e. The van der Waals surface area contributed by atoms with E-state index in [1.807, 2.05) is 24.8 Å². The zero-order chi connectivity index (χ0) is 14.9. The highest BCUT2D eigenvalue weighted by Crippen LogP contribution is 2.29. The smallest absolute Gasteiger partial charge is 0.241 e. The summed E-state index contributed by atoms with van der Waals surface area (Å²) in [7, 11) is 0. The zero-order valence-electron chi connectivity index (χ0n) is 12.6. The molecule has 0 aromatic heterocycles. The summed E-state index contributed by atoms with van der Waals surface area (Å²) in [6.45, 7) is 8.89. The van der Waals surface area contributed by atoms with Crippen molar-refractivity contribution in [1.82, 2.24) is 10.2 Å². The van der Waals surface area contributed by atoms with E-state index in [0.29, 0.717) is 12.5 Å². The van der Waals surface area contributed by atoms with Gasteiger partial charge in [-0.1, -0.05) is 39.8 Å². The van der Waals surface area contributed by atoms with Crippen LogP contribution in [0.25, 0.3) is 0 Å². The van der Waals surface area contributed by atoms with Crippen LogP contribution in [0.15, 0.2) is 24.3 Å². The molecule has 2 atom stereocenters. The van der Waals surface area contributed by atoms with Crippen molar-refractivity contribution in [2.45, 2.75) is 39.9 Å². The van der Waals surface area contributed by atoms with Gasteiger partial charge in [0.25, 0.3) is 0 Å². The van der Waals surface area contributed by atoms with Crippen molar-refractivity contribution in [3.05, 3.63) is 35.6 Å². The molecule has 0 spiro atoms. The molecule has 4 heteroatoms. The number of nitrogens with zero attached hydrogens (tertiary/aromatic N) is 1. The van der Waals surface area contributed by atoms with Gasteiger partial charge < -0.3 is 4.90 Å². The molecule has 110 valence electrons. The minimum absolute atomic E-state index is 0.114. The topological polar surface area (TPSA) is 32.3 Å². The second-order valence-corrected chi connectivity index (χ2v) is 6.23. The molecule has 1 aliphatic rings. The Morgan fingerprint density at radius 2 is 2.00 bits per heavy atom. The van der Waals surface area contributed by atoms with Crippen LogP contribution in [0.4, 0.5) is 4.39 Å². The Labute approximate surface area is 120 Å². The Hall–Kier alpha value is -1.42. The summed E-state index contributed by atoms with van der Waals surface area (Å²) in [5.74, 6) is 0.440. The number of amides is 1. The van der Waals surface area contributed by atoms with Gasteiger partial charge in [0.05, 0.1) is 6.04 Å². The van der Waals surface area contributed by atoms with Crippen LogP contribution in [-0.2, 0) is 4.79 Å². The number of halogens is 1. The standard InChI is InChI=1S/C16H23FN2O/c1-10(2)9-19-15(12-6-5-7-13(17)8-12)18-14(11(3)4)16(19)20/h5-8,10-11,14-15,18H,9H2,1-4H3. The maximum absolute atomic E-state index is 13.4. The summed E-state index contributed by atoms with van der Waals surface area (Å²) in [5.41, 5.74) is 0.808. The molecule has 1 aliphatic heterocycles. The molecule has 2 rings (SSSR count). The second kappa shape index (κ2) is 5.92. The molecule has 20 heavy (non-hydrogen) atoms. The van der Waals surface area contributed by atoms with Gasteiger partial charge >= 0.3 is 0 Å². The van der Waals surface area contributed by atoms with Crippen molar-refractivity contribution >= 4 is 5.91 Å². The van der Waals surface area contributed by atoms with Gasteiger partial charge in [-0.25, -0.2) is 4.39 Å². The van der Waals surface area contributed by atoms with Crippen LogP contribution in [0.1, 0.15) is 39.4 Å². The van der Waals surface area contributed by atoms with Crippen molar-refractivity contribution in [3.8, 4) is 0 Å². The Morgan fingerprint density at radius 1 is 1.30 bits per heavy atom. The summed E-state index contributed by atoms with van der Waals surface area (Å²) in [6, 6.07) is 6.28. The molecular weight excluding hydrogens is 255 g/mol. The number of rotatable bonds is 4. The number of nitrogens with one attached hydrogen (secondary N) is 1.